The number of amidine groups is 2. The Labute approximate surface area is 259 Å². The van der Waals surface area contributed by atoms with E-state index < -0.39 is 0 Å². The summed E-state index contributed by atoms with van der Waals surface area (Å²) in [5, 5.41) is 4.46. The third-order valence-corrected chi connectivity index (χ3v) is 8.75. The predicted molar refractivity (Wildman–Crippen MR) is 183 cm³/mol. The van der Waals surface area contributed by atoms with Crippen molar-refractivity contribution in [1.82, 2.24) is 4.90 Å². The van der Waals surface area contributed by atoms with Gasteiger partial charge in [-0.2, -0.15) is 0 Å². The minimum Gasteiger partial charge on any atom is -0.456 e. The highest BCUT2D eigenvalue weighted by Crippen LogP contribution is 2.37. The molecule has 45 heavy (non-hydrogen) atoms. The number of hydrogen-bond acceptors (Lipinski definition) is 5. The van der Waals surface area contributed by atoms with Crippen LogP contribution >= 0.6 is 0 Å². The van der Waals surface area contributed by atoms with Crippen LogP contribution in [0.2, 0.25) is 0 Å². The molecule has 3 heterocycles. The molecule has 0 amide bonds. The summed E-state index contributed by atoms with van der Waals surface area (Å²) < 4.78 is 12.4. The van der Waals surface area contributed by atoms with Gasteiger partial charge in [0.25, 0.3) is 0 Å². The molecule has 2 aromatic heterocycles. The van der Waals surface area contributed by atoms with Crippen molar-refractivity contribution >= 4 is 55.5 Å². The molecule has 0 aliphatic carbocycles. The second-order valence-electron chi connectivity index (χ2n) is 11.4. The van der Waals surface area contributed by atoms with Gasteiger partial charge in [0.15, 0.2) is 12.0 Å². The lowest BCUT2D eigenvalue weighted by atomic mass is 9.98. The lowest BCUT2D eigenvalue weighted by Gasteiger charge is -2.32. The Morgan fingerprint density at radius 1 is 0.533 bits per heavy atom. The molecular weight excluding hydrogens is 554 g/mol. The Hall–Kier alpha value is -5.94. The zero-order chi connectivity index (χ0) is 29.9. The van der Waals surface area contributed by atoms with Crippen molar-refractivity contribution in [3.63, 3.8) is 0 Å². The SMILES string of the molecule is CN1C(c2ccccc2)=NC(c2ccc(-c3cccc4oc5ccccc5c34)cc2)=NC1c1ccc2c(c1)oc1ccccc12. The number of furan rings is 2. The molecule has 9 rings (SSSR count). The molecule has 214 valence electrons. The standard InChI is InChI=1S/C40H27N3O2/c1-43-39(27-10-3-2-4-11-27)41-38(42-40(43)28-22-23-31-30-12-5-7-15-33(30)45-36(31)24-28)26-20-18-25(19-21-26)29-14-9-17-35-37(29)32-13-6-8-16-34(32)44-35/h2-24,40H,1H3. The Kier molecular flexibility index (Phi) is 5.72. The van der Waals surface area contributed by atoms with Crippen LogP contribution in [-0.2, 0) is 0 Å². The van der Waals surface area contributed by atoms with Crippen molar-refractivity contribution in [1.29, 1.82) is 0 Å². The number of aliphatic imine (C=N–C) groups is 2. The minimum absolute atomic E-state index is 0.281. The fourth-order valence-corrected chi connectivity index (χ4v) is 6.54. The molecule has 1 unspecified atom stereocenters. The van der Waals surface area contributed by atoms with Crippen LogP contribution in [0.25, 0.3) is 55.0 Å². The van der Waals surface area contributed by atoms with E-state index in [1.165, 1.54) is 0 Å². The second kappa shape index (κ2) is 10.1. The van der Waals surface area contributed by atoms with Crippen LogP contribution in [0.5, 0.6) is 0 Å². The van der Waals surface area contributed by atoms with Crippen molar-refractivity contribution in [3.05, 3.63) is 156 Å². The molecule has 5 nitrogen and oxygen atoms in total. The molecule has 0 fully saturated rings. The van der Waals surface area contributed by atoms with E-state index in [1.54, 1.807) is 0 Å². The van der Waals surface area contributed by atoms with Gasteiger partial charge >= 0.3 is 0 Å². The first-order chi connectivity index (χ1) is 22.2. The summed E-state index contributed by atoms with van der Waals surface area (Å²) in [6.45, 7) is 0. The maximum Gasteiger partial charge on any atom is 0.159 e. The largest absolute Gasteiger partial charge is 0.456 e. The molecule has 1 atom stereocenters. The van der Waals surface area contributed by atoms with Crippen LogP contribution in [0.15, 0.2) is 158 Å². The molecule has 5 heteroatoms. The van der Waals surface area contributed by atoms with Gasteiger partial charge in [-0.3, -0.25) is 0 Å². The number of para-hydroxylation sites is 2. The van der Waals surface area contributed by atoms with Crippen LogP contribution < -0.4 is 0 Å². The molecule has 0 spiro atoms. The monoisotopic (exact) mass is 581 g/mol. The Bertz CT molecular complexity index is 2450. The fourth-order valence-electron chi connectivity index (χ4n) is 6.54. The van der Waals surface area contributed by atoms with Crippen molar-refractivity contribution in [2.75, 3.05) is 7.05 Å². The van der Waals surface area contributed by atoms with E-state index in [2.05, 4.69) is 96.9 Å². The van der Waals surface area contributed by atoms with Crippen LogP contribution in [0, 0.1) is 0 Å². The predicted octanol–water partition coefficient (Wildman–Crippen LogP) is 9.99. The van der Waals surface area contributed by atoms with E-state index in [4.69, 9.17) is 18.8 Å². The van der Waals surface area contributed by atoms with Crippen molar-refractivity contribution in [2.45, 2.75) is 6.17 Å². The van der Waals surface area contributed by atoms with Gasteiger partial charge in [-0.1, -0.05) is 115 Å². The van der Waals surface area contributed by atoms with Gasteiger partial charge in [0, 0.05) is 45.3 Å². The van der Waals surface area contributed by atoms with Crippen molar-refractivity contribution in [3.8, 4) is 11.1 Å². The molecule has 0 saturated carbocycles. The van der Waals surface area contributed by atoms with Gasteiger partial charge in [0.2, 0.25) is 0 Å². The van der Waals surface area contributed by atoms with Gasteiger partial charge in [0.05, 0.1) is 0 Å². The number of rotatable bonds is 4. The number of fused-ring (bicyclic) bond motifs is 6. The van der Waals surface area contributed by atoms with Crippen LogP contribution in [0.1, 0.15) is 22.9 Å². The van der Waals surface area contributed by atoms with Crippen molar-refractivity contribution in [2.24, 2.45) is 9.98 Å². The van der Waals surface area contributed by atoms with Gasteiger partial charge in [-0.05, 0) is 35.4 Å². The maximum absolute atomic E-state index is 6.24. The lowest BCUT2D eigenvalue weighted by Crippen LogP contribution is -2.35. The van der Waals surface area contributed by atoms with E-state index in [0.29, 0.717) is 5.84 Å². The second-order valence-corrected chi connectivity index (χ2v) is 11.4. The first-order valence-electron chi connectivity index (χ1n) is 15.1. The normalized spacial score (nSPS) is 15.2. The Morgan fingerprint density at radius 3 is 2.00 bits per heavy atom. The number of nitrogens with zero attached hydrogens (tertiary/aromatic N) is 3. The minimum atomic E-state index is -0.281. The first-order valence-corrected chi connectivity index (χ1v) is 15.1. The van der Waals surface area contributed by atoms with E-state index >= 15 is 0 Å². The Balaban J connectivity index is 1.15. The first kappa shape index (κ1) is 25.5. The van der Waals surface area contributed by atoms with E-state index in [1.807, 2.05) is 54.6 Å². The fraction of sp³-hybridized carbons (Fsp3) is 0.0500. The van der Waals surface area contributed by atoms with Crippen LogP contribution in [0.4, 0.5) is 0 Å². The van der Waals surface area contributed by atoms with Gasteiger partial charge < -0.3 is 13.7 Å². The summed E-state index contributed by atoms with van der Waals surface area (Å²) in [5.41, 5.74) is 8.82. The van der Waals surface area contributed by atoms with Crippen LogP contribution in [-0.4, -0.2) is 23.6 Å². The van der Waals surface area contributed by atoms with Gasteiger partial charge in [-0.25, -0.2) is 9.98 Å². The average molecular weight is 582 g/mol. The highest BCUT2D eigenvalue weighted by Gasteiger charge is 2.27. The summed E-state index contributed by atoms with van der Waals surface area (Å²) in [6.07, 6.45) is -0.281. The number of hydrogen-bond donors (Lipinski definition) is 0. The van der Waals surface area contributed by atoms with Gasteiger partial charge in [0.1, 0.15) is 28.2 Å². The van der Waals surface area contributed by atoms with E-state index in [0.717, 1.165) is 77.5 Å². The Morgan fingerprint density at radius 2 is 1.18 bits per heavy atom. The zero-order valence-electron chi connectivity index (χ0n) is 24.5. The van der Waals surface area contributed by atoms with E-state index in [9.17, 15) is 0 Å². The highest BCUT2D eigenvalue weighted by molar-refractivity contribution is 6.14. The summed E-state index contributed by atoms with van der Waals surface area (Å²) in [4.78, 5) is 12.5. The maximum atomic E-state index is 6.24. The third-order valence-electron chi connectivity index (χ3n) is 8.75. The highest BCUT2D eigenvalue weighted by atomic mass is 16.3. The topological polar surface area (TPSA) is 54.2 Å². The molecular formula is C40H27N3O2. The average Bonchev–Trinajstić information content (AvgIpc) is 3.67. The zero-order valence-corrected chi connectivity index (χ0v) is 24.5. The summed E-state index contributed by atoms with van der Waals surface area (Å²) in [6, 6.07) is 47.8. The third kappa shape index (κ3) is 4.16. The lowest BCUT2D eigenvalue weighted by molar-refractivity contribution is 0.383. The van der Waals surface area contributed by atoms with Gasteiger partial charge in [-0.15, -0.1) is 0 Å². The molecule has 0 radical (unpaired) electrons. The molecule has 0 bridgehead atoms. The van der Waals surface area contributed by atoms with Crippen LogP contribution in [0.3, 0.4) is 0 Å². The summed E-state index contributed by atoms with van der Waals surface area (Å²) in [7, 11) is 2.05. The summed E-state index contributed by atoms with van der Waals surface area (Å²) >= 11 is 0. The molecule has 8 aromatic rings. The van der Waals surface area contributed by atoms with E-state index in [-0.39, 0.29) is 6.17 Å². The molecule has 0 N–H and O–H groups in total. The molecule has 1 aliphatic heterocycles. The quantitative estimate of drug-likeness (QED) is 0.208. The van der Waals surface area contributed by atoms with Crippen molar-refractivity contribution < 1.29 is 8.83 Å². The molecule has 0 saturated heterocycles. The molecule has 1 aliphatic rings. The molecule has 6 aromatic carbocycles. The smallest absolute Gasteiger partial charge is 0.159 e. The number of benzene rings is 6. The summed E-state index contributed by atoms with van der Waals surface area (Å²) in [5.74, 6) is 1.56.